The average Bonchev–Trinajstić information content (AvgIpc) is 2.57. The minimum absolute atomic E-state index is 0.128. The highest BCUT2D eigenvalue weighted by molar-refractivity contribution is 5.90. The van der Waals surface area contributed by atoms with Crippen molar-refractivity contribution in [1.82, 2.24) is 20.0 Å². The number of hydrogen-bond donors (Lipinski definition) is 1. The molecule has 7 nitrogen and oxygen atoms in total. The van der Waals surface area contributed by atoms with E-state index in [4.69, 9.17) is 0 Å². The topological polar surface area (TPSA) is 89.8 Å². The summed E-state index contributed by atoms with van der Waals surface area (Å²) in [5.74, 6) is -0.215. The Kier molecular flexibility index (Phi) is 4.56. The van der Waals surface area contributed by atoms with Crippen molar-refractivity contribution in [2.45, 2.75) is 33.2 Å². The summed E-state index contributed by atoms with van der Waals surface area (Å²) in [7, 11) is 0. The van der Waals surface area contributed by atoms with Gasteiger partial charge >= 0.3 is 0 Å². The third-order valence-electron chi connectivity index (χ3n) is 3.85. The van der Waals surface area contributed by atoms with Crippen LogP contribution < -0.4 is 10.9 Å². The zero-order chi connectivity index (χ0) is 18.0. The molecule has 3 aromatic rings. The van der Waals surface area contributed by atoms with E-state index in [-0.39, 0.29) is 23.9 Å². The van der Waals surface area contributed by atoms with Crippen LogP contribution in [0.5, 0.6) is 0 Å². The number of aryl methyl sites for hydroxylation is 1. The molecular weight excluding hydrogens is 318 g/mol. The highest BCUT2D eigenvalue weighted by atomic mass is 16.2. The number of hydrogen-bond acceptors (Lipinski definition) is 5. The number of aromatic nitrogens is 4. The third kappa shape index (κ3) is 3.55. The van der Waals surface area contributed by atoms with Gasteiger partial charge in [-0.2, -0.15) is 15.3 Å². The van der Waals surface area contributed by atoms with E-state index in [9.17, 15) is 9.59 Å². The first kappa shape index (κ1) is 16.8. The van der Waals surface area contributed by atoms with Gasteiger partial charge in [-0.1, -0.05) is 25.5 Å². The van der Waals surface area contributed by atoms with Crippen LogP contribution in [-0.4, -0.2) is 25.9 Å². The zero-order valence-corrected chi connectivity index (χ0v) is 14.4. The van der Waals surface area contributed by atoms with Gasteiger partial charge in [0.15, 0.2) is 0 Å². The van der Waals surface area contributed by atoms with E-state index in [1.54, 1.807) is 12.1 Å². The number of nitrogens with zero attached hydrogens (tertiary/aromatic N) is 4. The summed E-state index contributed by atoms with van der Waals surface area (Å²) < 4.78 is 1.22. The number of benzene rings is 1. The molecule has 2 aromatic heterocycles. The molecule has 0 unspecified atom stereocenters. The molecule has 0 saturated carbocycles. The molecular formula is C18H19N5O2. The summed E-state index contributed by atoms with van der Waals surface area (Å²) in [5, 5.41) is 15.9. The zero-order valence-electron chi connectivity index (χ0n) is 14.4. The molecule has 25 heavy (non-hydrogen) atoms. The minimum Gasteiger partial charge on any atom is -0.323 e. The number of carbonyl (C=O) groups is 1. The molecule has 0 aliphatic heterocycles. The Labute approximate surface area is 144 Å². The number of fused-ring (bicyclic) bond motifs is 1. The Balaban J connectivity index is 1.99. The molecule has 0 saturated heterocycles. The van der Waals surface area contributed by atoms with Crippen LogP contribution in [0.15, 0.2) is 41.5 Å². The van der Waals surface area contributed by atoms with E-state index in [2.05, 4.69) is 20.6 Å². The van der Waals surface area contributed by atoms with Gasteiger partial charge in [0, 0.05) is 5.39 Å². The third-order valence-corrected chi connectivity index (χ3v) is 3.85. The summed E-state index contributed by atoms with van der Waals surface area (Å²) >= 11 is 0. The van der Waals surface area contributed by atoms with Gasteiger partial charge in [0.25, 0.3) is 5.56 Å². The summed E-state index contributed by atoms with van der Waals surface area (Å²) in [4.78, 5) is 24.9. The standard InChI is InChI=1S/C18H19N5O2/c1-11(2)17-15-8-12(3)4-5-14(15)18(25)23(22-17)10-16(24)21-13-6-7-19-20-9-13/h4-9,11H,10H2,1-3H3,(H,19,21,24). The van der Waals surface area contributed by atoms with Gasteiger partial charge in [-0.15, -0.1) is 0 Å². The van der Waals surface area contributed by atoms with Crippen LogP contribution in [-0.2, 0) is 11.3 Å². The molecule has 7 heteroatoms. The molecule has 1 amide bonds. The quantitative estimate of drug-likeness (QED) is 0.789. The first-order chi connectivity index (χ1) is 12.0. The molecule has 0 aliphatic rings. The maximum atomic E-state index is 12.7. The predicted molar refractivity (Wildman–Crippen MR) is 95.5 cm³/mol. The lowest BCUT2D eigenvalue weighted by molar-refractivity contribution is -0.117. The van der Waals surface area contributed by atoms with E-state index >= 15 is 0 Å². The molecule has 1 aromatic carbocycles. The van der Waals surface area contributed by atoms with E-state index in [1.165, 1.54) is 17.1 Å². The van der Waals surface area contributed by atoms with Crippen LogP contribution in [0.4, 0.5) is 5.69 Å². The van der Waals surface area contributed by atoms with E-state index in [1.807, 2.05) is 32.9 Å². The SMILES string of the molecule is Cc1ccc2c(=O)n(CC(=O)Nc3ccnnc3)nc(C(C)C)c2c1. The van der Waals surface area contributed by atoms with Crippen LogP contribution in [0.1, 0.15) is 31.0 Å². The molecule has 0 atom stereocenters. The predicted octanol–water partition coefficient (Wildman–Crippen LogP) is 2.26. The first-order valence-corrected chi connectivity index (χ1v) is 8.03. The lowest BCUT2D eigenvalue weighted by Crippen LogP contribution is -2.31. The van der Waals surface area contributed by atoms with Gasteiger partial charge in [-0.05, 0) is 31.0 Å². The monoisotopic (exact) mass is 337 g/mol. The number of amides is 1. The van der Waals surface area contributed by atoms with Crippen molar-refractivity contribution in [3.05, 3.63) is 58.3 Å². The van der Waals surface area contributed by atoms with Crippen molar-refractivity contribution in [1.29, 1.82) is 0 Å². The van der Waals surface area contributed by atoms with Gasteiger partial charge in [0.2, 0.25) is 5.91 Å². The second kappa shape index (κ2) is 6.80. The smallest absolute Gasteiger partial charge is 0.275 e. The molecule has 0 spiro atoms. The second-order valence-electron chi connectivity index (χ2n) is 6.23. The van der Waals surface area contributed by atoms with Crippen LogP contribution >= 0.6 is 0 Å². The molecule has 0 aliphatic carbocycles. The van der Waals surface area contributed by atoms with Crippen LogP contribution in [0, 0.1) is 6.92 Å². The van der Waals surface area contributed by atoms with Crippen molar-refractivity contribution in [2.24, 2.45) is 0 Å². The van der Waals surface area contributed by atoms with Crippen LogP contribution in [0.25, 0.3) is 10.8 Å². The molecule has 1 N–H and O–H groups in total. The first-order valence-electron chi connectivity index (χ1n) is 8.03. The van der Waals surface area contributed by atoms with Gasteiger partial charge in [0.1, 0.15) is 6.54 Å². The molecule has 0 radical (unpaired) electrons. The van der Waals surface area contributed by atoms with Crippen molar-refractivity contribution < 1.29 is 4.79 Å². The molecule has 0 fully saturated rings. The van der Waals surface area contributed by atoms with Gasteiger partial charge in [-0.25, -0.2) is 4.68 Å². The Morgan fingerprint density at radius 3 is 2.68 bits per heavy atom. The van der Waals surface area contributed by atoms with E-state index in [0.29, 0.717) is 11.1 Å². The number of nitrogens with one attached hydrogen (secondary N) is 1. The average molecular weight is 337 g/mol. The van der Waals surface area contributed by atoms with Crippen LogP contribution in [0.3, 0.4) is 0 Å². The summed E-state index contributed by atoms with van der Waals surface area (Å²) in [6.07, 6.45) is 2.92. The van der Waals surface area contributed by atoms with Crippen molar-refractivity contribution >= 4 is 22.4 Å². The Morgan fingerprint density at radius 2 is 2.00 bits per heavy atom. The molecule has 2 heterocycles. The highest BCUT2D eigenvalue weighted by Crippen LogP contribution is 2.22. The maximum absolute atomic E-state index is 12.7. The van der Waals surface area contributed by atoms with Gasteiger partial charge in [0.05, 0.1) is 29.2 Å². The van der Waals surface area contributed by atoms with E-state index < -0.39 is 0 Å². The van der Waals surface area contributed by atoms with Gasteiger partial charge < -0.3 is 5.32 Å². The Morgan fingerprint density at radius 1 is 1.20 bits per heavy atom. The largest absolute Gasteiger partial charge is 0.323 e. The fourth-order valence-electron chi connectivity index (χ4n) is 2.66. The maximum Gasteiger partial charge on any atom is 0.275 e. The lowest BCUT2D eigenvalue weighted by Gasteiger charge is -2.13. The normalized spacial score (nSPS) is 11.0. The lowest BCUT2D eigenvalue weighted by atomic mass is 10.0. The summed E-state index contributed by atoms with van der Waals surface area (Å²) in [5.41, 5.74) is 2.11. The molecule has 128 valence electrons. The van der Waals surface area contributed by atoms with E-state index in [0.717, 1.165) is 16.6 Å². The molecule has 3 rings (SSSR count). The Bertz CT molecular complexity index is 980. The van der Waals surface area contributed by atoms with Crippen molar-refractivity contribution in [3.63, 3.8) is 0 Å². The van der Waals surface area contributed by atoms with Gasteiger partial charge in [-0.3, -0.25) is 9.59 Å². The second-order valence-corrected chi connectivity index (χ2v) is 6.23. The minimum atomic E-state index is -0.344. The fraction of sp³-hybridized carbons (Fsp3) is 0.278. The number of carbonyl (C=O) groups excluding carboxylic acids is 1. The fourth-order valence-corrected chi connectivity index (χ4v) is 2.66. The highest BCUT2D eigenvalue weighted by Gasteiger charge is 2.15. The van der Waals surface area contributed by atoms with Crippen molar-refractivity contribution in [2.75, 3.05) is 5.32 Å². The van der Waals surface area contributed by atoms with Crippen LogP contribution in [0.2, 0.25) is 0 Å². The summed E-state index contributed by atoms with van der Waals surface area (Å²) in [6.45, 7) is 5.85. The van der Waals surface area contributed by atoms with Crippen molar-refractivity contribution in [3.8, 4) is 0 Å². The summed E-state index contributed by atoms with van der Waals surface area (Å²) in [6, 6.07) is 7.28. The number of anilines is 1. The molecule has 0 bridgehead atoms. The number of rotatable bonds is 4. The Hall–Kier alpha value is -3.09.